The molecule has 8 nitrogen and oxygen atoms in total. The molecule has 2 atom stereocenters. The summed E-state index contributed by atoms with van der Waals surface area (Å²) in [6, 6.07) is 0. The molecule has 0 aliphatic heterocycles. The van der Waals surface area contributed by atoms with Crippen molar-refractivity contribution in [3.8, 4) is 0 Å². The Morgan fingerprint density at radius 2 is 1.14 bits per heavy atom. The highest BCUT2D eigenvalue weighted by Gasteiger charge is 2.54. The normalized spacial score (nSPS) is 13.7. The third-order valence-electron chi connectivity index (χ3n) is 6.94. The van der Waals surface area contributed by atoms with Gasteiger partial charge in [0, 0.05) is 6.42 Å². The van der Waals surface area contributed by atoms with Gasteiger partial charge in [-0.05, 0) is 18.8 Å². The summed E-state index contributed by atoms with van der Waals surface area (Å²) >= 11 is 0. The molecule has 0 radical (unpaired) electrons. The van der Waals surface area contributed by atoms with Gasteiger partial charge in [0.25, 0.3) is 0 Å². The number of ether oxygens (including phenoxy) is 1. The fourth-order valence-corrected chi connectivity index (χ4v) is 4.72. The number of carbonyl (C=O) groups excluding carboxylic acids is 1. The molecule has 8 heteroatoms. The average molecular weight is 529 g/mol. The zero-order valence-corrected chi connectivity index (χ0v) is 23.5. The van der Waals surface area contributed by atoms with Crippen molar-refractivity contribution in [2.75, 3.05) is 0 Å². The molecule has 0 spiro atoms. The molecule has 0 bridgehead atoms. The maximum absolute atomic E-state index is 12.4. The van der Waals surface area contributed by atoms with E-state index in [1.807, 2.05) is 0 Å². The molecular weight excluding hydrogens is 476 g/mol. The zero-order chi connectivity index (χ0) is 28.1. The fraction of sp³-hybridized carbons (Fsp3) is 0.862. The molecule has 216 valence electrons. The molecule has 0 heterocycles. The largest absolute Gasteiger partial charge is 0.481 e. The Bertz CT molecular complexity index is 660. The van der Waals surface area contributed by atoms with E-state index in [4.69, 9.17) is 4.74 Å². The number of hydrogen-bond donors (Lipinski definition) is 3. The first-order valence-corrected chi connectivity index (χ1v) is 14.5. The Hall–Kier alpha value is -2.12. The Morgan fingerprint density at radius 3 is 1.57 bits per heavy atom. The Labute approximate surface area is 223 Å². The summed E-state index contributed by atoms with van der Waals surface area (Å²) in [7, 11) is 0. The van der Waals surface area contributed by atoms with Gasteiger partial charge in [0.05, 0.1) is 6.42 Å². The van der Waals surface area contributed by atoms with E-state index in [0.717, 1.165) is 50.9 Å². The summed E-state index contributed by atoms with van der Waals surface area (Å²) in [6.45, 7) is 6.55. The lowest BCUT2D eigenvalue weighted by Gasteiger charge is -2.33. The molecule has 2 unspecified atom stereocenters. The van der Waals surface area contributed by atoms with Crippen LogP contribution in [0.15, 0.2) is 0 Å². The van der Waals surface area contributed by atoms with Gasteiger partial charge in [0.1, 0.15) is 5.92 Å². The van der Waals surface area contributed by atoms with Crippen LogP contribution in [-0.2, 0) is 23.9 Å². The molecule has 0 saturated carbocycles. The van der Waals surface area contributed by atoms with Crippen LogP contribution in [0.4, 0.5) is 0 Å². The van der Waals surface area contributed by atoms with Crippen LogP contribution in [0, 0.1) is 11.8 Å². The molecule has 0 saturated heterocycles. The summed E-state index contributed by atoms with van der Waals surface area (Å²) in [4.78, 5) is 48.2. The van der Waals surface area contributed by atoms with Gasteiger partial charge >= 0.3 is 23.9 Å². The molecular formula is C29H52O8. The maximum Gasteiger partial charge on any atom is 0.349 e. The molecule has 0 aliphatic carbocycles. The van der Waals surface area contributed by atoms with Crippen molar-refractivity contribution in [2.45, 2.75) is 148 Å². The van der Waals surface area contributed by atoms with Crippen LogP contribution in [0.1, 0.15) is 143 Å². The minimum atomic E-state index is -2.62. The quantitative estimate of drug-likeness (QED) is 0.0833. The number of aliphatic carboxylic acids is 3. The molecule has 3 N–H and O–H groups in total. The van der Waals surface area contributed by atoms with Gasteiger partial charge in [-0.1, -0.05) is 117 Å². The van der Waals surface area contributed by atoms with E-state index in [1.165, 1.54) is 38.5 Å². The number of carbonyl (C=O) groups is 4. The third kappa shape index (κ3) is 16.4. The second-order valence-corrected chi connectivity index (χ2v) is 10.8. The van der Waals surface area contributed by atoms with Crippen molar-refractivity contribution in [1.82, 2.24) is 0 Å². The van der Waals surface area contributed by atoms with Crippen LogP contribution in [0.2, 0.25) is 0 Å². The van der Waals surface area contributed by atoms with Crippen LogP contribution < -0.4 is 0 Å². The number of carboxylic acid groups (broad SMARTS) is 3. The Morgan fingerprint density at radius 1 is 0.676 bits per heavy atom. The minimum Gasteiger partial charge on any atom is -0.481 e. The van der Waals surface area contributed by atoms with E-state index in [1.54, 1.807) is 0 Å². The maximum atomic E-state index is 12.4. The van der Waals surface area contributed by atoms with E-state index in [-0.39, 0.29) is 12.8 Å². The molecule has 0 fully saturated rings. The number of esters is 1. The van der Waals surface area contributed by atoms with E-state index in [2.05, 4.69) is 20.8 Å². The molecule has 0 aromatic rings. The van der Waals surface area contributed by atoms with Crippen molar-refractivity contribution in [2.24, 2.45) is 11.8 Å². The second kappa shape index (κ2) is 20.9. The molecule has 0 aromatic heterocycles. The number of rotatable bonds is 25. The van der Waals surface area contributed by atoms with E-state index in [0.29, 0.717) is 19.3 Å². The smallest absolute Gasteiger partial charge is 0.349 e. The Balaban J connectivity index is 4.74. The number of unbranched alkanes of at least 4 members (excludes halogenated alkanes) is 13. The van der Waals surface area contributed by atoms with Crippen LogP contribution in [0.3, 0.4) is 0 Å². The highest BCUT2D eigenvalue weighted by atomic mass is 16.6. The van der Waals surface area contributed by atoms with E-state index >= 15 is 0 Å². The number of hydrogen-bond acceptors (Lipinski definition) is 5. The standard InChI is InChI=1S/C29H52O8/c1-4-5-6-13-18-21-26(32)37-29(28(35)36,22-25(30)31)24(27(33)34)20-17-15-12-10-8-7-9-11-14-16-19-23(2)3/h23-24H,4-22H2,1-3H3,(H,30,31)(H,33,34)(H,35,36). The first-order valence-electron chi connectivity index (χ1n) is 14.5. The van der Waals surface area contributed by atoms with Gasteiger partial charge in [-0.15, -0.1) is 0 Å². The van der Waals surface area contributed by atoms with E-state index < -0.39 is 41.8 Å². The van der Waals surface area contributed by atoms with Crippen molar-refractivity contribution in [3.63, 3.8) is 0 Å². The molecule has 0 aromatic carbocycles. The Kier molecular flexibility index (Phi) is 19.7. The van der Waals surface area contributed by atoms with Crippen molar-refractivity contribution in [3.05, 3.63) is 0 Å². The van der Waals surface area contributed by atoms with Gasteiger partial charge in [-0.3, -0.25) is 14.4 Å². The summed E-state index contributed by atoms with van der Waals surface area (Å²) in [5, 5.41) is 29.0. The highest BCUT2D eigenvalue weighted by molar-refractivity contribution is 5.92. The lowest BCUT2D eigenvalue weighted by Crippen LogP contribution is -2.54. The molecule has 0 amide bonds. The summed E-state index contributed by atoms with van der Waals surface area (Å²) in [5.74, 6) is -6.44. The van der Waals surface area contributed by atoms with Gasteiger partial charge in [0.15, 0.2) is 0 Å². The topological polar surface area (TPSA) is 138 Å². The van der Waals surface area contributed by atoms with Crippen LogP contribution >= 0.6 is 0 Å². The summed E-state index contributed by atoms with van der Waals surface area (Å²) in [5.41, 5.74) is -2.62. The van der Waals surface area contributed by atoms with Crippen LogP contribution in [-0.4, -0.2) is 44.8 Å². The predicted molar refractivity (Wildman–Crippen MR) is 143 cm³/mol. The van der Waals surface area contributed by atoms with Crippen LogP contribution in [0.25, 0.3) is 0 Å². The summed E-state index contributed by atoms with van der Waals surface area (Å²) < 4.78 is 5.20. The minimum absolute atomic E-state index is 0.0610. The lowest BCUT2D eigenvalue weighted by atomic mass is 9.80. The van der Waals surface area contributed by atoms with Crippen molar-refractivity contribution < 1.29 is 39.2 Å². The van der Waals surface area contributed by atoms with Crippen LogP contribution in [0.5, 0.6) is 0 Å². The van der Waals surface area contributed by atoms with Crippen molar-refractivity contribution >= 4 is 23.9 Å². The molecule has 37 heavy (non-hydrogen) atoms. The second-order valence-electron chi connectivity index (χ2n) is 10.8. The van der Waals surface area contributed by atoms with Gasteiger partial charge in [-0.25, -0.2) is 4.79 Å². The zero-order valence-electron chi connectivity index (χ0n) is 23.5. The summed E-state index contributed by atoms with van der Waals surface area (Å²) in [6.07, 6.45) is 14.7. The monoisotopic (exact) mass is 528 g/mol. The van der Waals surface area contributed by atoms with Crippen molar-refractivity contribution in [1.29, 1.82) is 0 Å². The average Bonchev–Trinajstić information content (AvgIpc) is 2.80. The third-order valence-corrected chi connectivity index (χ3v) is 6.94. The van der Waals surface area contributed by atoms with Gasteiger partial charge in [-0.2, -0.15) is 0 Å². The lowest BCUT2D eigenvalue weighted by molar-refractivity contribution is -0.195. The number of carboxylic acids is 3. The first kappa shape index (κ1) is 34.9. The van der Waals surface area contributed by atoms with Gasteiger partial charge in [0.2, 0.25) is 5.60 Å². The SMILES string of the molecule is CCCCCCCC(=O)OC(CC(=O)O)(C(=O)O)C(CCCCCCCCCCCCC(C)C)C(=O)O. The van der Waals surface area contributed by atoms with Gasteiger partial charge < -0.3 is 20.1 Å². The fourth-order valence-electron chi connectivity index (χ4n) is 4.72. The van der Waals surface area contributed by atoms with E-state index in [9.17, 15) is 34.5 Å². The molecule has 0 aliphatic rings. The first-order chi connectivity index (χ1) is 17.6. The molecule has 0 rings (SSSR count). The predicted octanol–water partition coefficient (Wildman–Crippen LogP) is 7.23. The highest BCUT2D eigenvalue weighted by Crippen LogP contribution is 2.33.